The quantitative estimate of drug-likeness (QED) is 0.626. The van der Waals surface area contributed by atoms with E-state index >= 15 is 0 Å². The van der Waals surface area contributed by atoms with Crippen LogP contribution in [-0.2, 0) is 6.54 Å². The van der Waals surface area contributed by atoms with Crippen molar-refractivity contribution in [3.8, 4) is 0 Å². The fourth-order valence-corrected chi connectivity index (χ4v) is 0.926. The van der Waals surface area contributed by atoms with Gasteiger partial charge in [-0.1, -0.05) is 12.1 Å². The predicted molar refractivity (Wildman–Crippen MR) is 43.6 cm³/mol. The molecule has 3 N–H and O–H groups in total. The molecule has 2 nitrogen and oxygen atoms in total. The summed E-state index contributed by atoms with van der Waals surface area (Å²) >= 11 is 0. The third kappa shape index (κ3) is 1.68. The maximum Gasteiger partial charge on any atom is 0.146 e. The molecule has 0 heterocycles. The number of rotatable bonds is 2. The topological polar surface area (TPSA) is 38.0 Å². The smallest absolute Gasteiger partial charge is 0.146 e. The first-order valence-corrected chi connectivity index (χ1v) is 3.43. The molecule has 0 bridgehead atoms. The molecule has 11 heavy (non-hydrogen) atoms. The number of anilines is 1. The average Bonchev–Trinajstić information content (AvgIpc) is 1.99. The highest BCUT2D eigenvalue weighted by molar-refractivity contribution is 5.47. The van der Waals surface area contributed by atoms with Crippen molar-refractivity contribution in [1.29, 1.82) is 0 Å². The highest BCUT2D eigenvalue weighted by atomic mass is 19.1. The largest absolute Gasteiger partial charge is 0.396 e. The second-order valence-electron chi connectivity index (χ2n) is 2.34. The van der Waals surface area contributed by atoms with Gasteiger partial charge in [0, 0.05) is 6.54 Å². The molecule has 1 aromatic rings. The van der Waals surface area contributed by atoms with Gasteiger partial charge in [0.2, 0.25) is 0 Å². The van der Waals surface area contributed by atoms with E-state index in [0.717, 1.165) is 5.56 Å². The second-order valence-corrected chi connectivity index (χ2v) is 2.34. The maximum atomic E-state index is 12.7. The zero-order valence-electron chi connectivity index (χ0n) is 6.39. The van der Waals surface area contributed by atoms with Crippen LogP contribution in [0.25, 0.3) is 0 Å². The zero-order valence-corrected chi connectivity index (χ0v) is 6.39. The van der Waals surface area contributed by atoms with Gasteiger partial charge < -0.3 is 11.1 Å². The van der Waals surface area contributed by atoms with Gasteiger partial charge in [-0.2, -0.15) is 0 Å². The third-order valence-corrected chi connectivity index (χ3v) is 1.51. The molecule has 1 aromatic carbocycles. The molecule has 60 valence electrons. The molecule has 3 heteroatoms. The Morgan fingerprint density at radius 2 is 2.27 bits per heavy atom. The van der Waals surface area contributed by atoms with E-state index in [4.69, 9.17) is 5.73 Å². The van der Waals surface area contributed by atoms with Gasteiger partial charge in [0.15, 0.2) is 0 Å². The molecule has 0 saturated heterocycles. The van der Waals surface area contributed by atoms with Crippen LogP contribution in [0.15, 0.2) is 18.2 Å². The minimum absolute atomic E-state index is 0.238. The minimum atomic E-state index is -0.349. The van der Waals surface area contributed by atoms with Gasteiger partial charge in [-0.05, 0) is 18.7 Å². The van der Waals surface area contributed by atoms with Gasteiger partial charge >= 0.3 is 0 Å². The van der Waals surface area contributed by atoms with E-state index in [1.54, 1.807) is 19.2 Å². The summed E-state index contributed by atoms with van der Waals surface area (Å²) in [6.07, 6.45) is 0. The average molecular weight is 154 g/mol. The normalized spacial score (nSPS) is 10.0. The van der Waals surface area contributed by atoms with Crippen LogP contribution in [0.3, 0.4) is 0 Å². The van der Waals surface area contributed by atoms with Crippen LogP contribution in [0.1, 0.15) is 5.56 Å². The van der Waals surface area contributed by atoms with Crippen molar-refractivity contribution in [3.05, 3.63) is 29.6 Å². The Balaban J connectivity index is 2.96. The third-order valence-electron chi connectivity index (χ3n) is 1.51. The first kappa shape index (κ1) is 8.01. The van der Waals surface area contributed by atoms with Gasteiger partial charge in [-0.3, -0.25) is 0 Å². The van der Waals surface area contributed by atoms with Crippen molar-refractivity contribution in [2.75, 3.05) is 12.8 Å². The molecule has 0 amide bonds. The van der Waals surface area contributed by atoms with E-state index < -0.39 is 0 Å². The summed E-state index contributed by atoms with van der Waals surface area (Å²) < 4.78 is 12.7. The van der Waals surface area contributed by atoms with E-state index in [1.165, 1.54) is 6.07 Å². The van der Waals surface area contributed by atoms with Crippen LogP contribution >= 0.6 is 0 Å². The van der Waals surface area contributed by atoms with Crippen molar-refractivity contribution >= 4 is 5.69 Å². The maximum absolute atomic E-state index is 12.7. The first-order valence-electron chi connectivity index (χ1n) is 3.43. The Bertz CT molecular complexity index is 248. The molecule has 0 fully saturated rings. The minimum Gasteiger partial charge on any atom is -0.396 e. The van der Waals surface area contributed by atoms with Crippen LogP contribution in [0.2, 0.25) is 0 Å². The van der Waals surface area contributed by atoms with Crippen LogP contribution < -0.4 is 11.1 Å². The lowest BCUT2D eigenvalue weighted by molar-refractivity contribution is 0.629. The van der Waals surface area contributed by atoms with E-state index in [0.29, 0.717) is 6.54 Å². The zero-order chi connectivity index (χ0) is 8.27. The molecule has 1 rings (SSSR count). The number of benzene rings is 1. The summed E-state index contributed by atoms with van der Waals surface area (Å²) in [5.74, 6) is -0.349. The predicted octanol–water partition coefficient (Wildman–Crippen LogP) is 1.13. The molecule has 0 atom stereocenters. The number of halogens is 1. The number of hydrogen-bond acceptors (Lipinski definition) is 2. The standard InChI is InChI=1S/C8H11FN2/c1-11-5-6-3-2-4-7(9)8(6)10/h2-4,11H,5,10H2,1H3. The monoisotopic (exact) mass is 154 g/mol. The Hall–Kier alpha value is -1.09. The highest BCUT2D eigenvalue weighted by Crippen LogP contribution is 2.14. The summed E-state index contributed by atoms with van der Waals surface area (Å²) in [7, 11) is 1.80. The number of nitrogens with one attached hydrogen (secondary N) is 1. The first-order chi connectivity index (χ1) is 5.25. The molecule has 0 spiro atoms. The molecule has 0 aliphatic carbocycles. The van der Waals surface area contributed by atoms with Crippen molar-refractivity contribution in [2.45, 2.75) is 6.54 Å². The Labute approximate surface area is 65.2 Å². The molecule has 0 saturated carbocycles. The van der Waals surface area contributed by atoms with Crippen LogP contribution in [-0.4, -0.2) is 7.05 Å². The Kier molecular flexibility index (Phi) is 2.44. The SMILES string of the molecule is CNCc1cccc(F)c1N. The van der Waals surface area contributed by atoms with Gasteiger partial charge in [-0.15, -0.1) is 0 Å². The van der Waals surface area contributed by atoms with E-state index in [9.17, 15) is 4.39 Å². The molecule has 0 unspecified atom stereocenters. The molecule has 0 radical (unpaired) electrons. The van der Waals surface area contributed by atoms with Crippen molar-refractivity contribution in [1.82, 2.24) is 5.32 Å². The van der Waals surface area contributed by atoms with E-state index in [2.05, 4.69) is 5.32 Å². The van der Waals surface area contributed by atoms with Gasteiger partial charge in [0.25, 0.3) is 0 Å². The summed E-state index contributed by atoms with van der Waals surface area (Å²) in [4.78, 5) is 0. The number of para-hydroxylation sites is 1. The molecule has 0 aliphatic rings. The van der Waals surface area contributed by atoms with Crippen LogP contribution in [0, 0.1) is 5.82 Å². The summed E-state index contributed by atoms with van der Waals surface area (Å²) in [6, 6.07) is 4.81. The molecule has 0 aromatic heterocycles. The van der Waals surface area contributed by atoms with Gasteiger partial charge in [0.1, 0.15) is 5.82 Å². The summed E-state index contributed by atoms with van der Waals surface area (Å²) in [5.41, 5.74) is 6.49. The van der Waals surface area contributed by atoms with Crippen molar-refractivity contribution in [3.63, 3.8) is 0 Å². The van der Waals surface area contributed by atoms with Gasteiger partial charge in [-0.25, -0.2) is 4.39 Å². The highest BCUT2D eigenvalue weighted by Gasteiger charge is 2.01. The molecule has 0 aliphatic heterocycles. The fraction of sp³-hybridized carbons (Fsp3) is 0.250. The van der Waals surface area contributed by atoms with E-state index in [-0.39, 0.29) is 11.5 Å². The number of hydrogen-bond donors (Lipinski definition) is 2. The molecular formula is C8H11FN2. The number of nitrogens with two attached hydrogens (primary N) is 1. The Morgan fingerprint density at radius 3 is 2.91 bits per heavy atom. The second kappa shape index (κ2) is 3.34. The fourth-order valence-electron chi connectivity index (χ4n) is 0.926. The van der Waals surface area contributed by atoms with Crippen LogP contribution in [0.5, 0.6) is 0 Å². The molecular weight excluding hydrogens is 143 g/mol. The lowest BCUT2D eigenvalue weighted by Crippen LogP contribution is -2.08. The van der Waals surface area contributed by atoms with Crippen molar-refractivity contribution < 1.29 is 4.39 Å². The van der Waals surface area contributed by atoms with Crippen LogP contribution in [0.4, 0.5) is 10.1 Å². The lowest BCUT2D eigenvalue weighted by atomic mass is 10.2. The number of nitrogen functional groups attached to an aromatic ring is 1. The van der Waals surface area contributed by atoms with E-state index in [1.807, 2.05) is 0 Å². The summed E-state index contributed by atoms with van der Waals surface area (Å²) in [6.45, 7) is 0.601. The summed E-state index contributed by atoms with van der Waals surface area (Å²) in [5, 5.41) is 2.91. The Morgan fingerprint density at radius 1 is 1.55 bits per heavy atom. The van der Waals surface area contributed by atoms with Gasteiger partial charge in [0.05, 0.1) is 5.69 Å². The lowest BCUT2D eigenvalue weighted by Gasteiger charge is -2.04. The van der Waals surface area contributed by atoms with Crippen molar-refractivity contribution in [2.24, 2.45) is 0 Å².